The quantitative estimate of drug-likeness (QED) is 0.928. The van der Waals surface area contributed by atoms with Crippen molar-refractivity contribution in [3.05, 3.63) is 36.0 Å². The molecule has 2 aromatic rings. The van der Waals surface area contributed by atoms with Crippen LogP contribution < -0.4 is 0 Å². The summed E-state index contributed by atoms with van der Waals surface area (Å²) in [7, 11) is 0. The van der Waals surface area contributed by atoms with Gasteiger partial charge in [0.05, 0.1) is 19.6 Å². The fourth-order valence-corrected chi connectivity index (χ4v) is 3.10. The van der Waals surface area contributed by atoms with E-state index < -0.39 is 12.0 Å². The lowest BCUT2D eigenvalue weighted by Crippen LogP contribution is -2.53. The Morgan fingerprint density at radius 1 is 1.35 bits per heavy atom. The van der Waals surface area contributed by atoms with Gasteiger partial charge in [0.15, 0.2) is 6.04 Å². The molecular weight excluding hydrogens is 296 g/mol. The number of carboxylic acids is 1. The van der Waals surface area contributed by atoms with Crippen LogP contribution in [0.4, 0.5) is 0 Å². The van der Waals surface area contributed by atoms with Gasteiger partial charge in [0.25, 0.3) is 0 Å². The first kappa shape index (κ1) is 15.6. The zero-order chi connectivity index (χ0) is 16.4. The predicted molar refractivity (Wildman–Crippen MR) is 85.3 cm³/mol. The molecule has 0 unspecified atom stereocenters. The zero-order valence-corrected chi connectivity index (χ0v) is 13.1. The maximum absolute atomic E-state index is 12.6. The number of hydrogen-bond donors (Lipinski definition) is 1. The van der Waals surface area contributed by atoms with Crippen molar-refractivity contribution in [3.63, 3.8) is 0 Å². The third kappa shape index (κ3) is 2.94. The molecule has 6 heteroatoms. The monoisotopic (exact) mass is 316 g/mol. The van der Waals surface area contributed by atoms with Crippen LogP contribution in [0.2, 0.25) is 0 Å². The number of carbonyl (C=O) groups excluding carboxylic acids is 1. The van der Waals surface area contributed by atoms with Crippen molar-refractivity contribution in [2.75, 3.05) is 19.8 Å². The van der Waals surface area contributed by atoms with E-state index in [4.69, 9.17) is 4.74 Å². The van der Waals surface area contributed by atoms with Crippen molar-refractivity contribution in [1.29, 1.82) is 0 Å². The van der Waals surface area contributed by atoms with Gasteiger partial charge in [-0.2, -0.15) is 0 Å². The Morgan fingerprint density at radius 2 is 2.13 bits per heavy atom. The highest BCUT2D eigenvalue weighted by Crippen LogP contribution is 2.23. The number of aryl methyl sites for hydroxylation is 1. The summed E-state index contributed by atoms with van der Waals surface area (Å²) >= 11 is 0. The standard InChI is InChI=1S/C17H20N2O4/c1-2-18-10-12(13-5-3-4-6-14(13)18)9-16(20)19-7-8-23-11-15(19)17(21)22/h3-6,10,15H,2,7-9,11H2,1H3,(H,21,22)/t15-/m1/s1. The highest BCUT2D eigenvalue weighted by atomic mass is 16.5. The Labute approximate surface area is 134 Å². The molecule has 6 nitrogen and oxygen atoms in total. The fourth-order valence-electron chi connectivity index (χ4n) is 3.10. The molecule has 1 aliphatic heterocycles. The van der Waals surface area contributed by atoms with Crippen molar-refractivity contribution in [2.45, 2.75) is 25.9 Å². The molecule has 1 N–H and O–H groups in total. The van der Waals surface area contributed by atoms with Gasteiger partial charge in [-0.15, -0.1) is 0 Å². The maximum atomic E-state index is 12.6. The van der Waals surface area contributed by atoms with Gasteiger partial charge in [0, 0.05) is 30.2 Å². The van der Waals surface area contributed by atoms with E-state index in [-0.39, 0.29) is 18.9 Å². The van der Waals surface area contributed by atoms with Gasteiger partial charge in [-0.05, 0) is 18.6 Å². The molecule has 0 aliphatic carbocycles. The van der Waals surface area contributed by atoms with Crippen LogP contribution in [-0.4, -0.2) is 52.3 Å². The summed E-state index contributed by atoms with van der Waals surface area (Å²) in [6, 6.07) is 7.06. The Hall–Kier alpha value is -2.34. The van der Waals surface area contributed by atoms with E-state index in [2.05, 4.69) is 11.5 Å². The van der Waals surface area contributed by atoms with E-state index in [0.29, 0.717) is 13.2 Å². The molecule has 122 valence electrons. The van der Waals surface area contributed by atoms with Crippen LogP contribution in [0.15, 0.2) is 30.5 Å². The van der Waals surface area contributed by atoms with E-state index >= 15 is 0 Å². The van der Waals surface area contributed by atoms with Crippen molar-refractivity contribution in [2.24, 2.45) is 0 Å². The third-order valence-corrected chi connectivity index (χ3v) is 4.29. The Morgan fingerprint density at radius 3 is 2.87 bits per heavy atom. The minimum Gasteiger partial charge on any atom is -0.480 e. The summed E-state index contributed by atoms with van der Waals surface area (Å²) in [5, 5.41) is 10.3. The first-order valence-electron chi connectivity index (χ1n) is 7.78. The van der Waals surface area contributed by atoms with Gasteiger partial charge < -0.3 is 19.3 Å². The molecule has 0 radical (unpaired) electrons. The molecule has 0 bridgehead atoms. The van der Waals surface area contributed by atoms with E-state index in [0.717, 1.165) is 23.0 Å². The Bertz CT molecular complexity index is 737. The average Bonchev–Trinajstić information content (AvgIpc) is 2.93. The minimum atomic E-state index is -1.02. The number of fused-ring (bicyclic) bond motifs is 1. The van der Waals surface area contributed by atoms with Gasteiger partial charge in [0.1, 0.15) is 0 Å². The molecule has 1 saturated heterocycles. The predicted octanol–water partition coefficient (Wildman–Crippen LogP) is 1.52. The van der Waals surface area contributed by atoms with Gasteiger partial charge >= 0.3 is 5.97 Å². The number of aliphatic carboxylic acids is 1. The van der Waals surface area contributed by atoms with Crippen LogP contribution in [0, 0.1) is 0 Å². The summed E-state index contributed by atoms with van der Waals surface area (Å²) in [4.78, 5) is 25.3. The SMILES string of the molecule is CCn1cc(CC(=O)N2CCOC[C@@H]2C(=O)O)c2ccccc21. The molecule has 0 saturated carbocycles. The van der Waals surface area contributed by atoms with Crippen LogP contribution in [-0.2, 0) is 27.3 Å². The van der Waals surface area contributed by atoms with Crippen LogP contribution >= 0.6 is 0 Å². The van der Waals surface area contributed by atoms with E-state index in [9.17, 15) is 14.7 Å². The highest BCUT2D eigenvalue weighted by Gasteiger charge is 2.32. The lowest BCUT2D eigenvalue weighted by Gasteiger charge is -2.32. The third-order valence-electron chi connectivity index (χ3n) is 4.29. The summed E-state index contributed by atoms with van der Waals surface area (Å²) < 4.78 is 7.29. The number of hydrogen-bond acceptors (Lipinski definition) is 3. The second kappa shape index (κ2) is 6.42. The van der Waals surface area contributed by atoms with Crippen molar-refractivity contribution in [3.8, 4) is 0 Å². The zero-order valence-electron chi connectivity index (χ0n) is 13.1. The van der Waals surface area contributed by atoms with Crippen LogP contribution in [0.25, 0.3) is 10.9 Å². The molecule has 2 heterocycles. The van der Waals surface area contributed by atoms with Crippen molar-refractivity contribution < 1.29 is 19.4 Å². The number of carboxylic acid groups (broad SMARTS) is 1. The Balaban J connectivity index is 1.86. The highest BCUT2D eigenvalue weighted by molar-refractivity contribution is 5.91. The Kier molecular flexibility index (Phi) is 4.34. The molecule has 1 atom stereocenters. The molecule has 1 aliphatic rings. The number of para-hydroxylation sites is 1. The number of aromatic nitrogens is 1. The fraction of sp³-hybridized carbons (Fsp3) is 0.412. The number of nitrogens with zero attached hydrogens (tertiary/aromatic N) is 2. The van der Waals surface area contributed by atoms with Gasteiger partial charge in [-0.1, -0.05) is 18.2 Å². The lowest BCUT2D eigenvalue weighted by atomic mass is 10.1. The average molecular weight is 316 g/mol. The molecule has 0 spiro atoms. The first-order valence-corrected chi connectivity index (χ1v) is 7.78. The van der Waals surface area contributed by atoms with Crippen molar-refractivity contribution in [1.82, 2.24) is 9.47 Å². The summed E-state index contributed by atoms with van der Waals surface area (Å²) in [6.45, 7) is 3.64. The molecule has 1 aromatic heterocycles. The summed E-state index contributed by atoms with van der Waals surface area (Å²) in [5.74, 6) is -1.19. The number of carbonyl (C=O) groups is 2. The number of rotatable bonds is 4. The number of amides is 1. The summed E-state index contributed by atoms with van der Waals surface area (Å²) in [5.41, 5.74) is 2.03. The first-order chi connectivity index (χ1) is 11.1. The van der Waals surface area contributed by atoms with Crippen LogP contribution in [0.1, 0.15) is 12.5 Å². The van der Waals surface area contributed by atoms with E-state index in [1.54, 1.807) is 0 Å². The molecule has 1 aromatic carbocycles. The van der Waals surface area contributed by atoms with Crippen molar-refractivity contribution >= 4 is 22.8 Å². The topological polar surface area (TPSA) is 71.8 Å². The summed E-state index contributed by atoms with van der Waals surface area (Å²) in [6.07, 6.45) is 2.19. The largest absolute Gasteiger partial charge is 0.480 e. The molecule has 1 amide bonds. The van der Waals surface area contributed by atoms with Gasteiger partial charge in [-0.25, -0.2) is 4.79 Å². The van der Waals surface area contributed by atoms with E-state index in [1.807, 2.05) is 30.5 Å². The van der Waals surface area contributed by atoms with E-state index in [1.165, 1.54) is 4.90 Å². The van der Waals surface area contributed by atoms with Gasteiger partial charge in [0.2, 0.25) is 5.91 Å². The maximum Gasteiger partial charge on any atom is 0.328 e. The van der Waals surface area contributed by atoms with Crippen LogP contribution in [0.5, 0.6) is 0 Å². The molecular formula is C17H20N2O4. The number of morpholine rings is 1. The number of ether oxygens (including phenoxy) is 1. The van der Waals surface area contributed by atoms with Crippen LogP contribution in [0.3, 0.4) is 0 Å². The molecule has 3 rings (SSSR count). The van der Waals surface area contributed by atoms with Gasteiger partial charge in [-0.3, -0.25) is 4.79 Å². The lowest BCUT2D eigenvalue weighted by molar-refractivity contribution is -0.157. The smallest absolute Gasteiger partial charge is 0.328 e. The second-order valence-electron chi connectivity index (χ2n) is 5.65. The second-order valence-corrected chi connectivity index (χ2v) is 5.65. The minimum absolute atomic E-state index is 0.0534. The normalized spacial score (nSPS) is 18.3. The molecule has 23 heavy (non-hydrogen) atoms. The number of benzene rings is 1. The molecule has 1 fully saturated rings.